The van der Waals surface area contributed by atoms with Crippen LogP contribution in [-0.2, 0) is 4.79 Å². The van der Waals surface area contributed by atoms with Crippen molar-refractivity contribution in [2.75, 3.05) is 26.8 Å². The molecule has 1 saturated heterocycles. The average molecular weight is 400 g/mol. The minimum absolute atomic E-state index is 0. The quantitative estimate of drug-likeness (QED) is 0.729. The van der Waals surface area contributed by atoms with Crippen LogP contribution in [0.1, 0.15) is 37.6 Å². The maximum atomic E-state index is 12.8. The molecule has 1 aromatic carbocycles. The number of carbonyl (C=O) groups excluding carboxylic acids is 2. The van der Waals surface area contributed by atoms with Gasteiger partial charge in [-0.1, -0.05) is 0 Å². The van der Waals surface area contributed by atoms with Gasteiger partial charge in [0, 0.05) is 24.2 Å². The highest BCUT2D eigenvalue weighted by Gasteiger charge is 2.32. The largest absolute Gasteiger partial charge is 0.493 e. The molecule has 7 nitrogen and oxygen atoms in total. The Morgan fingerprint density at radius 1 is 1.33 bits per heavy atom. The van der Waals surface area contributed by atoms with Crippen molar-refractivity contribution in [3.05, 3.63) is 23.8 Å². The number of rotatable bonds is 7. The Morgan fingerprint density at radius 3 is 2.59 bits per heavy atom. The molecule has 2 amide bonds. The molecule has 1 aliphatic rings. The van der Waals surface area contributed by atoms with Crippen molar-refractivity contribution >= 4 is 24.2 Å². The van der Waals surface area contributed by atoms with Gasteiger partial charge < -0.3 is 25.4 Å². The molecule has 8 heteroatoms. The first kappa shape index (κ1) is 23.0. The van der Waals surface area contributed by atoms with Gasteiger partial charge in [0.25, 0.3) is 11.8 Å². The molecule has 152 valence electrons. The Balaban J connectivity index is 0.00000364. The molecule has 2 unspecified atom stereocenters. The zero-order valence-electron chi connectivity index (χ0n) is 16.4. The Labute approximate surface area is 167 Å². The summed E-state index contributed by atoms with van der Waals surface area (Å²) in [5, 5.41) is 2.76. The molecule has 2 rings (SSSR count). The highest BCUT2D eigenvalue weighted by atomic mass is 35.5. The molecule has 0 saturated carbocycles. The predicted molar refractivity (Wildman–Crippen MR) is 107 cm³/mol. The van der Waals surface area contributed by atoms with Crippen molar-refractivity contribution in [2.24, 2.45) is 11.7 Å². The number of halogens is 1. The molecule has 1 fully saturated rings. The van der Waals surface area contributed by atoms with Crippen molar-refractivity contribution in [1.82, 2.24) is 10.2 Å². The van der Waals surface area contributed by atoms with Gasteiger partial charge in [0.2, 0.25) is 0 Å². The van der Waals surface area contributed by atoms with Crippen molar-refractivity contribution in [2.45, 2.75) is 39.3 Å². The first-order valence-electron chi connectivity index (χ1n) is 8.97. The van der Waals surface area contributed by atoms with E-state index >= 15 is 0 Å². The van der Waals surface area contributed by atoms with Gasteiger partial charge in [-0.25, -0.2) is 0 Å². The summed E-state index contributed by atoms with van der Waals surface area (Å²) in [5.74, 6) is 0.947. The molecule has 1 aliphatic heterocycles. The van der Waals surface area contributed by atoms with E-state index in [1.165, 1.54) is 7.11 Å². The Hall–Kier alpha value is -1.99. The Morgan fingerprint density at radius 2 is 2.04 bits per heavy atom. The number of nitrogens with one attached hydrogen (secondary N) is 1. The number of carbonyl (C=O) groups is 2. The molecule has 3 N–H and O–H groups in total. The Kier molecular flexibility index (Phi) is 8.85. The number of benzene rings is 1. The van der Waals surface area contributed by atoms with E-state index in [1.807, 2.05) is 25.7 Å². The summed E-state index contributed by atoms with van der Waals surface area (Å²) in [6.45, 7) is 6.95. The monoisotopic (exact) mass is 399 g/mol. The number of methoxy groups -OCH3 is 1. The molecular formula is C19H30ClN3O4. The van der Waals surface area contributed by atoms with E-state index < -0.39 is 0 Å². The lowest BCUT2D eigenvalue weighted by molar-refractivity contribution is -0.123. The van der Waals surface area contributed by atoms with Crippen molar-refractivity contribution < 1.29 is 19.1 Å². The number of hydrogen-bond acceptors (Lipinski definition) is 5. The summed E-state index contributed by atoms with van der Waals surface area (Å²) in [4.78, 5) is 26.4. The summed E-state index contributed by atoms with van der Waals surface area (Å²) in [7, 11) is 1.51. The topological polar surface area (TPSA) is 93.9 Å². The van der Waals surface area contributed by atoms with E-state index in [-0.39, 0.29) is 42.9 Å². The average Bonchev–Trinajstić information content (AvgIpc) is 2.99. The number of likely N-dealkylation sites (tertiary alicyclic amines) is 1. The molecule has 0 bridgehead atoms. The molecule has 0 aliphatic carbocycles. The number of ether oxygens (including phenoxy) is 2. The third-order valence-electron chi connectivity index (χ3n) is 4.47. The van der Waals surface area contributed by atoms with E-state index in [2.05, 4.69) is 5.32 Å². The smallest absolute Gasteiger partial charge is 0.258 e. The fraction of sp³-hybridized carbons (Fsp3) is 0.579. The lowest BCUT2D eigenvalue weighted by Crippen LogP contribution is -2.34. The summed E-state index contributed by atoms with van der Waals surface area (Å²) in [6, 6.07) is 5.23. The van der Waals surface area contributed by atoms with Crippen LogP contribution in [0.2, 0.25) is 0 Å². The number of nitrogens with two attached hydrogens (primary N) is 1. The van der Waals surface area contributed by atoms with Gasteiger partial charge in [-0.3, -0.25) is 9.59 Å². The second-order valence-corrected chi connectivity index (χ2v) is 7.02. The number of amides is 2. The molecular weight excluding hydrogens is 370 g/mol. The minimum atomic E-state index is -0.207. The van der Waals surface area contributed by atoms with Crippen LogP contribution < -0.4 is 20.5 Å². The lowest BCUT2D eigenvalue weighted by Gasteiger charge is -2.22. The van der Waals surface area contributed by atoms with Crippen molar-refractivity contribution in [3.63, 3.8) is 0 Å². The first-order valence-corrected chi connectivity index (χ1v) is 8.97. The first-order chi connectivity index (χ1) is 12.3. The van der Waals surface area contributed by atoms with E-state index in [0.29, 0.717) is 36.1 Å². The van der Waals surface area contributed by atoms with Crippen LogP contribution in [0.5, 0.6) is 11.5 Å². The highest BCUT2D eigenvalue weighted by Crippen LogP contribution is 2.30. The number of nitrogens with zero attached hydrogens (tertiary/aromatic N) is 1. The number of hydrogen-bond donors (Lipinski definition) is 2. The van der Waals surface area contributed by atoms with Gasteiger partial charge in [0.05, 0.1) is 7.11 Å². The SMILES string of the molecule is COc1cc(C(=O)N2CC(CN)CC2C)ccc1OCC(=O)NC(C)C.Cl. The third kappa shape index (κ3) is 6.01. The molecule has 1 heterocycles. The standard InChI is InChI=1S/C19H29N3O4.ClH/c1-12(2)21-18(23)11-26-16-6-5-15(8-17(16)25-4)19(24)22-10-14(9-20)7-13(22)3;/h5-6,8,12-14H,7,9-11,20H2,1-4H3,(H,21,23);1H. The van der Waals surface area contributed by atoms with Crippen LogP contribution in [0.4, 0.5) is 0 Å². The van der Waals surface area contributed by atoms with Crippen LogP contribution in [0.25, 0.3) is 0 Å². The second-order valence-electron chi connectivity index (χ2n) is 7.02. The van der Waals surface area contributed by atoms with Crippen LogP contribution in [0, 0.1) is 5.92 Å². The molecule has 0 spiro atoms. The minimum Gasteiger partial charge on any atom is -0.493 e. The Bertz CT molecular complexity index is 654. The second kappa shape index (κ2) is 10.4. The summed E-state index contributed by atoms with van der Waals surface area (Å²) in [5.41, 5.74) is 6.28. The zero-order chi connectivity index (χ0) is 19.3. The molecule has 0 radical (unpaired) electrons. The van der Waals surface area contributed by atoms with Crippen molar-refractivity contribution in [3.8, 4) is 11.5 Å². The fourth-order valence-electron chi connectivity index (χ4n) is 3.19. The third-order valence-corrected chi connectivity index (χ3v) is 4.47. The van der Waals surface area contributed by atoms with Gasteiger partial charge in [-0.15, -0.1) is 12.4 Å². The van der Waals surface area contributed by atoms with Gasteiger partial charge in [-0.05, 0) is 57.9 Å². The maximum Gasteiger partial charge on any atom is 0.258 e. The fourth-order valence-corrected chi connectivity index (χ4v) is 3.19. The van der Waals surface area contributed by atoms with Gasteiger partial charge in [0.1, 0.15) is 0 Å². The van der Waals surface area contributed by atoms with Crippen LogP contribution in [0.15, 0.2) is 18.2 Å². The van der Waals surface area contributed by atoms with Crippen LogP contribution in [0.3, 0.4) is 0 Å². The van der Waals surface area contributed by atoms with E-state index in [9.17, 15) is 9.59 Å². The molecule has 2 atom stereocenters. The highest BCUT2D eigenvalue weighted by molar-refractivity contribution is 5.95. The van der Waals surface area contributed by atoms with E-state index in [0.717, 1.165) is 6.42 Å². The predicted octanol–water partition coefficient (Wildman–Crippen LogP) is 1.83. The maximum absolute atomic E-state index is 12.8. The molecule has 1 aromatic rings. The van der Waals surface area contributed by atoms with Crippen LogP contribution >= 0.6 is 12.4 Å². The molecule has 27 heavy (non-hydrogen) atoms. The normalized spacial score (nSPS) is 18.8. The lowest BCUT2D eigenvalue weighted by atomic mass is 10.1. The van der Waals surface area contributed by atoms with Crippen LogP contribution in [-0.4, -0.2) is 55.6 Å². The summed E-state index contributed by atoms with van der Waals surface area (Å²) < 4.78 is 10.9. The zero-order valence-corrected chi connectivity index (χ0v) is 17.2. The summed E-state index contributed by atoms with van der Waals surface area (Å²) >= 11 is 0. The van der Waals surface area contributed by atoms with Gasteiger partial charge in [-0.2, -0.15) is 0 Å². The summed E-state index contributed by atoms with van der Waals surface area (Å²) in [6.07, 6.45) is 0.922. The van der Waals surface area contributed by atoms with Crippen molar-refractivity contribution in [1.29, 1.82) is 0 Å². The van der Waals surface area contributed by atoms with Gasteiger partial charge in [0.15, 0.2) is 18.1 Å². The molecule has 0 aromatic heterocycles. The van der Waals surface area contributed by atoms with E-state index in [4.69, 9.17) is 15.2 Å². The van der Waals surface area contributed by atoms with E-state index in [1.54, 1.807) is 18.2 Å². The van der Waals surface area contributed by atoms with Gasteiger partial charge >= 0.3 is 0 Å².